The number of methoxy groups -OCH3 is 1. The van der Waals surface area contributed by atoms with Crippen LogP contribution in [0.1, 0.15) is 29.0 Å². The molecule has 5 aromatic rings. The maximum absolute atomic E-state index is 13.6. The first-order valence-corrected chi connectivity index (χ1v) is 11.8. The van der Waals surface area contributed by atoms with Crippen molar-refractivity contribution in [1.29, 1.82) is 0 Å². The molecule has 186 valence electrons. The second-order valence-electron chi connectivity index (χ2n) is 8.99. The topological polar surface area (TPSA) is 86.9 Å². The second kappa shape index (κ2) is 8.77. The number of amides is 1. The number of rotatable bonds is 5. The van der Waals surface area contributed by atoms with Gasteiger partial charge < -0.3 is 14.8 Å². The van der Waals surface area contributed by atoms with Crippen LogP contribution in [0.3, 0.4) is 0 Å². The van der Waals surface area contributed by atoms with E-state index in [9.17, 15) is 14.0 Å². The SMILES string of the molecule is COc1cc(C2CC(=O)Nc3c2c(=O)n(C)c2nc4ccccc4n32)ccc1OCc1ccc(F)cc1. The fourth-order valence-corrected chi connectivity index (χ4v) is 4.91. The van der Waals surface area contributed by atoms with E-state index < -0.39 is 5.92 Å². The zero-order valence-corrected chi connectivity index (χ0v) is 20.2. The lowest BCUT2D eigenvalue weighted by atomic mass is 9.86. The molecule has 1 aliphatic rings. The minimum Gasteiger partial charge on any atom is -0.493 e. The Kier molecular flexibility index (Phi) is 5.40. The van der Waals surface area contributed by atoms with Crippen LogP contribution in [0.2, 0.25) is 0 Å². The predicted molar refractivity (Wildman–Crippen MR) is 137 cm³/mol. The first-order chi connectivity index (χ1) is 17.9. The summed E-state index contributed by atoms with van der Waals surface area (Å²) in [6, 6.07) is 19.0. The van der Waals surface area contributed by atoms with E-state index in [2.05, 4.69) is 10.3 Å². The molecule has 9 heteroatoms. The Bertz CT molecular complexity index is 1740. The lowest BCUT2D eigenvalue weighted by Crippen LogP contribution is -2.35. The number of benzene rings is 3. The van der Waals surface area contributed by atoms with Gasteiger partial charge in [-0.15, -0.1) is 0 Å². The van der Waals surface area contributed by atoms with Gasteiger partial charge in [-0.05, 0) is 47.5 Å². The van der Waals surface area contributed by atoms with E-state index in [0.717, 1.165) is 22.2 Å². The van der Waals surface area contributed by atoms with Gasteiger partial charge in [0, 0.05) is 19.4 Å². The van der Waals surface area contributed by atoms with Crippen molar-refractivity contribution in [3.8, 4) is 11.5 Å². The fraction of sp³-hybridized carbons (Fsp3) is 0.179. The molecular weight excluding hydrogens is 475 g/mol. The monoisotopic (exact) mass is 498 g/mol. The van der Waals surface area contributed by atoms with E-state index in [-0.39, 0.29) is 30.3 Å². The third-order valence-electron chi connectivity index (χ3n) is 6.75. The molecule has 1 N–H and O–H groups in total. The number of nitrogens with one attached hydrogen (secondary N) is 1. The Morgan fingerprint density at radius 3 is 2.62 bits per heavy atom. The summed E-state index contributed by atoms with van der Waals surface area (Å²) in [6.45, 7) is 0.233. The number of halogens is 1. The van der Waals surface area contributed by atoms with Gasteiger partial charge in [-0.3, -0.25) is 18.6 Å². The molecule has 2 aromatic heterocycles. The molecule has 1 unspecified atom stereocenters. The van der Waals surface area contributed by atoms with Crippen LogP contribution >= 0.6 is 0 Å². The van der Waals surface area contributed by atoms with Gasteiger partial charge in [-0.2, -0.15) is 0 Å². The predicted octanol–water partition coefficient (Wildman–Crippen LogP) is 4.39. The van der Waals surface area contributed by atoms with Crippen molar-refractivity contribution < 1.29 is 18.7 Å². The lowest BCUT2D eigenvalue weighted by molar-refractivity contribution is -0.116. The van der Waals surface area contributed by atoms with Gasteiger partial charge in [-0.25, -0.2) is 9.37 Å². The summed E-state index contributed by atoms with van der Waals surface area (Å²) in [7, 11) is 3.22. The van der Waals surface area contributed by atoms with E-state index in [4.69, 9.17) is 9.47 Å². The zero-order chi connectivity index (χ0) is 25.7. The van der Waals surface area contributed by atoms with E-state index in [1.54, 1.807) is 31.3 Å². The molecule has 0 saturated carbocycles. The Labute approximate surface area is 210 Å². The van der Waals surface area contributed by atoms with Crippen molar-refractivity contribution in [1.82, 2.24) is 14.0 Å². The molecule has 0 spiro atoms. The number of aromatic nitrogens is 3. The maximum atomic E-state index is 13.6. The molecule has 0 saturated heterocycles. The van der Waals surface area contributed by atoms with Gasteiger partial charge in [0.2, 0.25) is 11.7 Å². The molecule has 0 aliphatic carbocycles. The number of carbonyl (C=O) groups is 1. The van der Waals surface area contributed by atoms with Gasteiger partial charge in [0.1, 0.15) is 18.2 Å². The minimum absolute atomic E-state index is 0.110. The van der Waals surface area contributed by atoms with Crippen LogP contribution in [-0.4, -0.2) is 27.0 Å². The summed E-state index contributed by atoms with van der Waals surface area (Å²) in [5.74, 6) is 0.859. The number of aryl methyl sites for hydroxylation is 1. The van der Waals surface area contributed by atoms with Crippen molar-refractivity contribution in [2.24, 2.45) is 7.05 Å². The molecule has 3 aromatic carbocycles. The number of nitrogens with zero attached hydrogens (tertiary/aromatic N) is 3. The van der Waals surface area contributed by atoms with Crippen LogP contribution in [0, 0.1) is 5.82 Å². The Morgan fingerprint density at radius 1 is 1.05 bits per heavy atom. The summed E-state index contributed by atoms with van der Waals surface area (Å²) in [6.07, 6.45) is 0.110. The normalized spacial score (nSPS) is 15.0. The molecule has 1 aliphatic heterocycles. The quantitative estimate of drug-likeness (QED) is 0.389. The molecule has 8 nitrogen and oxygen atoms in total. The summed E-state index contributed by atoms with van der Waals surface area (Å²) in [4.78, 5) is 31.1. The molecule has 3 heterocycles. The first-order valence-electron chi connectivity index (χ1n) is 11.8. The largest absolute Gasteiger partial charge is 0.493 e. The number of anilines is 1. The molecule has 0 bridgehead atoms. The van der Waals surface area contributed by atoms with Crippen LogP contribution in [0.15, 0.2) is 71.5 Å². The van der Waals surface area contributed by atoms with Crippen LogP contribution in [0.5, 0.6) is 11.5 Å². The molecular formula is C28H23FN4O4. The summed E-state index contributed by atoms with van der Waals surface area (Å²) in [5, 5.41) is 2.92. The number of carbonyl (C=O) groups excluding carboxylic acids is 1. The standard InChI is InChI=1S/C28H23FN4O4/c1-32-27(35)25-19(14-24(34)31-26(25)33-21-6-4-3-5-20(21)30-28(32)33)17-9-12-22(23(13-17)36-2)37-15-16-7-10-18(29)11-8-16/h3-13,19H,14-15H2,1-2H3,(H,31,34). The number of hydrogen-bond acceptors (Lipinski definition) is 5. The highest BCUT2D eigenvalue weighted by atomic mass is 19.1. The van der Waals surface area contributed by atoms with Crippen molar-refractivity contribution in [2.75, 3.05) is 12.4 Å². The van der Waals surface area contributed by atoms with E-state index in [0.29, 0.717) is 28.7 Å². The molecule has 1 amide bonds. The van der Waals surface area contributed by atoms with Gasteiger partial charge >= 0.3 is 0 Å². The second-order valence-corrected chi connectivity index (χ2v) is 8.99. The molecule has 1 atom stereocenters. The molecule has 0 radical (unpaired) electrons. The van der Waals surface area contributed by atoms with Crippen LogP contribution < -0.4 is 20.3 Å². The molecule has 0 fully saturated rings. The van der Waals surface area contributed by atoms with Gasteiger partial charge in [0.25, 0.3) is 5.56 Å². The lowest BCUT2D eigenvalue weighted by Gasteiger charge is -2.27. The number of imidazole rings is 1. The highest BCUT2D eigenvalue weighted by Gasteiger charge is 2.33. The third-order valence-corrected chi connectivity index (χ3v) is 6.75. The van der Waals surface area contributed by atoms with Crippen molar-refractivity contribution in [3.05, 3.63) is 99.6 Å². The molecule has 6 rings (SSSR count). The Hall–Kier alpha value is -4.66. The summed E-state index contributed by atoms with van der Waals surface area (Å²) in [5.41, 5.74) is 3.35. The van der Waals surface area contributed by atoms with Gasteiger partial charge in [-0.1, -0.05) is 30.3 Å². The van der Waals surface area contributed by atoms with Crippen molar-refractivity contribution in [3.63, 3.8) is 0 Å². The van der Waals surface area contributed by atoms with E-state index in [1.807, 2.05) is 34.7 Å². The summed E-state index contributed by atoms with van der Waals surface area (Å²) >= 11 is 0. The van der Waals surface area contributed by atoms with E-state index >= 15 is 0 Å². The molecule has 37 heavy (non-hydrogen) atoms. The number of ether oxygens (including phenoxy) is 2. The highest BCUT2D eigenvalue weighted by Crippen LogP contribution is 2.39. The van der Waals surface area contributed by atoms with Gasteiger partial charge in [0.15, 0.2) is 11.5 Å². The Balaban J connectivity index is 1.44. The third kappa shape index (κ3) is 3.79. The average Bonchev–Trinajstić information content (AvgIpc) is 3.31. The highest BCUT2D eigenvalue weighted by molar-refractivity contribution is 5.96. The average molecular weight is 499 g/mol. The smallest absolute Gasteiger partial charge is 0.260 e. The van der Waals surface area contributed by atoms with Crippen molar-refractivity contribution in [2.45, 2.75) is 18.9 Å². The van der Waals surface area contributed by atoms with Crippen molar-refractivity contribution >= 4 is 28.5 Å². The van der Waals surface area contributed by atoms with Crippen LogP contribution in [0.4, 0.5) is 10.2 Å². The first kappa shape index (κ1) is 22.8. The zero-order valence-electron chi connectivity index (χ0n) is 20.2. The van der Waals surface area contributed by atoms with Gasteiger partial charge in [0.05, 0.1) is 23.7 Å². The van der Waals surface area contributed by atoms with E-state index in [1.165, 1.54) is 23.8 Å². The fourth-order valence-electron chi connectivity index (χ4n) is 4.91. The Morgan fingerprint density at radius 2 is 1.84 bits per heavy atom. The van der Waals surface area contributed by atoms with Crippen LogP contribution in [-0.2, 0) is 18.4 Å². The number of hydrogen-bond donors (Lipinski definition) is 1. The minimum atomic E-state index is -0.493. The number of fused-ring (bicyclic) bond motifs is 5. The number of para-hydroxylation sites is 2. The maximum Gasteiger partial charge on any atom is 0.260 e. The van der Waals surface area contributed by atoms with Crippen LogP contribution in [0.25, 0.3) is 16.8 Å². The summed E-state index contributed by atoms with van der Waals surface area (Å²) < 4.78 is 28.0.